The van der Waals surface area contributed by atoms with Crippen LogP contribution < -0.4 is 5.32 Å². The molecule has 0 heterocycles. The number of unbranched alkanes of at least 4 members (excludes halogenated alkanes) is 1. The van der Waals surface area contributed by atoms with E-state index in [1.807, 2.05) is 6.92 Å². The number of hydrogen-bond donors (Lipinski definition) is 1. The molecular formula is C16H24FNO2. The van der Waals surface area contributed by atoms with E-state index in [0.717, 1.165) is 12.8 Å². The number of rotatable bonds is 8. The number of esters is 1. The molecule has 1 aromatic carbocycles. The first-order valence-electron chi connectivity index (χ1n) is 7.29. The molecule has 0 spiro atoms. The summed E-state index contributed by atoms with van der Waals surface area (Å²) in [5.41, 5.74) is -0.171. The lowest BCUT2D eigenvalue weighted by Crippen LogP contribution is -2.47. The molecule has 0 saturated heterocycles. The van der Waals surface area contributed by atoms with Gasteiger partial charge in [-0.25, -0.2) is 9.18 Å². The molecule has 1 N–H and O–H groups in total. The van der Waals surface area contributed by atoms with Gasteiger partial charge in [0.05, 0.1) is 6.61 Å². The first-order chi connectivity index (χ1) is 9.57. The summed E-state index contributed by atoms with van der Waals surface area (Å²) < 4.78 is 18.5. The van der Waals surface area contributed by atoms with Gasteiger partial charge in [-0.05, 0) is 38.0 Å². The fourth-order valence-corrected chi connectivity index (χ4v) is 2.22. The predicted octanol–water partition coefficient (Wildman–Crippen LogP) is 4.14. The molecule has 0 fully saturated rings. The van der Waals surface area contributed by atoms with Crippen LogP contribution in [0.1, 0.15) is 46.5 Å². The Hall–Kier alpha value is -1.58. The van der Waals surface area contributed by atoms with Crippen LogP contribution in [0, 0.1) is 5.82 Å². The molecule has 1 unspecified atom stereocenters. The number of nitrogens with one attached hydrogen (secondary N) is 1. The van der Waals surface area contributed by atoms with Crippen molar-refractivity contribution in [3.63, 3.8) is 0 Å². The van der Waals surface area contributed by atoms with Crippen LogP contribution in [0.25, 0.3) is 0 Å². The normalized spacial score (nSPS) is 13.6. The fraction of sp³-hybridized carbons (Fsp3) is 0.562. The van der Waals surface area contributed by atoms with Crippen LogP contribution in [0.3, 0.4) is 0 Å². The van der Waals surface area contributed by atoms with E-state index < -0.39 is 5.54 Å². The van der Waals surface area contributed by atoms with Crippen molar-refractivity contribution in [2.24, 2.45) is 0 Å². The van der Waals surface area contributed by atoms with Crippen LogP contribution in [-0.4, -0.2) is 18.1 Å². The lowest BCUT2D eigenvalue weighted by atomic mass is 9.89. The van der Waals surface area contributed by atoms with Gasteiger partial charge in [0.15, 0.2) is 0 Å². The van der Waals surface area contributed by atoms with Crippen molar-refractivity contribution in [2.75, 3.05) is 11.9 Å². The highest BCUT2D eigenvalue weighted by Gasteiger charge is 2.37. The lowest BCUT2D eigenvalue weighted by Gasteiger charge is -2.32. The van der Waals surface area contributed by atoms with Crippen molar-refractivity contribution in [1.82, 2.24) is 0 Å². The van der Waals surface area contributed by atoms with Crippen LogP contribution in [-0.2, 0) is 9.53 Å². The van der Waals surface area contributed by atoms with Gasteiger partial charge in [0.2, 0.25) is 0 Å². The minimum absolute atomic E-state index is 0.264. The van der Waals surface area contributed by atoms with E-state index in [2.05, 4.69) is 12.2 Å². The first kappa shape index (κ1) is 16.5. The Labute approximate surface area is 120 Å². The molecule has 3 nitrogen and oxygen atoms in total. The van der Waals surface area contributed by atoms with Gasteiger partial charge in [0.1, 0.15) is 11.4 Å². The van der Waals surface area contributed by atoms with Gasteiger partial charge in [0, 0.05) is 5.69 Å². The van der Waals surface area contributed by atoms with Crippen LogP contribution in [0.15, 0.2) is 24.3 Å². The SMILES string of the molecule is CCCCC(CC)(Nc1cccc(F)c1)C(=O)OCC. The van der Waals surface area contributed by atoms with Gasteiger partial charge in [-0.15, -0.1) is 0 Å². The second kappa shape index (κ2) is 7.88. The third-order valence-electron chi connectivity index (χ3n) is 3.44. The summed E-state index contributed by atoms with van der Waals surface area (Å²) in [6.45, 7) is 6.16. The number of benzene rings is 1. The molecule has 1 aromatic rings. The highest BCUT2D eigenvalue weighted by Crippen LogP contribution is 2.26. The second-order valence-electron chi connectivity index (χ2n) is 4.90. The van der Waals surface area contributed by atoms with E-state index in [0.29, 0.717) is 25.1 Å². The Morgan fingerprint density at radius 1 is 1.35 bits per heavy atom. The zero-order chi connectivity index (χ0) is 15.0. The van der Waals surface area contributed by atoms with Crippen LogP contribution in [0.4, 0.5) is 10.1 Å². The van der Waals surface area contributed by atoms with Gasteiger partial charge in [-0.3, -0.25) is 0 Å². The van der Waals surface area contributed by atoms with Gasteiger partial charge in [-0.2, -0.15) is 0 Å². The van der Waals surface area contributed by atoms with Gasteiger partial charge in [-0.1, -0.05) is 32.8 Å². The number of carbonyl (C=O) groups excluding carboxylic acids is 1. The maximum Gasteiger partial charge on any atom is 0.331 e. The zero-order valence-corrected chi connectivity index (χ0v) is 12.5. The maximum atomic E-state index is 13.3. The molecular weight excluding hydrogens is 257 g/mol. The number of halogens is 1. The summed E-state index contributed by atoms with van der Waals surface area (Å²) in [7, 11) is 0. The zero-order valence-electron chi connectivity index (χ0n) is 12.5. The quantitative estimate of drug-likeness (QED) is 0.728. The number of carbonyl (C=O) groups is 1. The fourth-order valence-electron chi connectivity index (χ4n) is 2.22. The van der Waals surface area contributed by atoms with Crippen molar-refractivity contribution in [1.29, 1.82) is 0 Å². The van der Waals surface area contributed by atoms with Crippen LogP contribution >= 0.6 is 0 Å². The van der Waals surface area contributed by atoms with Gasteiger partial charge < -0.3 is 10.1 Å². The highest BCUT2D eigenvalue weighted by molar-refractivity contribution is 5.84. The van der Waals surface area contributed by atoms with Gasteiger partial charge >= 0.3 is 5.97 Å². The van der Waals surface area contributed by atoms with Crippen LogP contribution in [0.5, 0.6) is 0 Å². The average molecular weight is 281 g/mol. The summed E-state index contributed by atoms with van der Waals surface area (Å²) in [6.07, 6.45) is 3.18. The van der Waals surface area contributed by atoms with E-state index in [-0.39, 0.29) is 11.8 Å². The van der Waals surface area contributed by atoms with E-state index in [4.69, 9.17) is 4.74 Å². The van der Waals surface area contributed by atoms with Gasteiger partial charge in [0.25, 0.3) is 0 Å². The largest absolute Gasteiger partial charge is 0.464 e. The Balaban J connectivity index is 2.98. The smallest absolute Gasteiger partial charge is 0.331 e. The summed E-state index contributed by atoms with van der Waals surface area (Å²) in [4.78, 5) is 12.3. The second-order valence-corrected chi connectivity index (χ2v) is 4.90. The van der Waals surface area contributed by atoms with Crippen molar-refractivity contribution in [2.45, 2.75) is 52.0 Å². The Kier molecular flexibility index (Phi) is 6.49. The van der Waals surface area contributed by atoms with E-state index in [1.165, 1.54) is 12.1 Å². The van der Waals surface area contributed by atoms with Crippen molar-refractivity contribution in [3.8, 4) is 0 Å². The number of ether oxygens (including phenoxy) is 1. The molecule has 4 heteroatoms. The van der Waals surface area contributed by atoms with Crippen molar-refractivity contribution < 1.29 is 13.9 Å². The average Bonchev–Trinajstić information content (AvgIpc) is 2.44. The molecule has 0 aliphatic rings. The van der Waals surface area contributed by atoms with Crippen LogP contribution in [0.2, 0.25) is 0 Å². The molecule has 0 saturated carbocycles. The van der Waals surface area contributed by atoms with E-state index >= 15 is 0 Å². The first-order valence-corrected chi connectivity index (χ1v) is 7.29. The Bertz CT molecular complexity index is 436. The van der Waals surface area contributed by atoms with E-state index in [9.17, 15) is 9.18 Å². The topological polar surface area (TPSA) is 38.3 Å². The third-order valence-corrected chi connectivity index (χ3v) is 3.44. The molecule has 1 atom stereocenters. The number of hydrogen-bond acceptors (Lipinski definition) is 3. The molecule has 0 bridgehead atoms. The Morgan fingerprint density at radius 2 is 2.10 bits per heavy atom. The lowest BCUT2D eigenvalue weighted by molar-refractivity contribution is -0.149. The summed E-state index contributed by atoms with van der Waals surface area (Å²) in [5, 5.41) is 3.19. The summed E-state index contributed by atoms with van der Waals surface area (Å²) >= 11 is 0. The molecule has 0 aromatic heterocycles. The molecule has 0 aliphatic carbocycles. The summed E-state index contributed by atoms with van der Waals surface area (Å²) in [6, 6.07) is 6.17. The van der Waals surface area contributed by atoms with Crippen molar-refractivity contribution in [3.05, 3.63) is 30.1 Å². The van der Waals surface area contributed by atoms with Crippen molar-refractivity contribution >= 4 is 11.7 Å². The van der Waals surface area contributed by atoms with E-state index in [1.54, 1.807) is 19.1 Å². The molecule has 20 heavy (non-hydrogen) atoms. The minimum atomic E-state index is -0.778. The molecule has 0 amide bonds. The molecule has 0 radical (unpaired) electrons. The summed E-state index contributed by atoms with van der Waals surface area (Å²) in [5.74, 6) is -0.584. The maximum absolute atomic E-state index is 13.3. The monoisotopic (exact) mass is 281 g/mol. The minimum Gasteiger partial charge on any atom is -0.464 e. The highest BCUT2D eigenvalue weighted by atomic mass is 19.1. The third kappa shape index (κ3) is 4.22. The Morgan fingerprint density at radius 3 is 2.65 bits per heavy atom. The molecule has 1 rings (SSSR count). The number of anilines is 1. The predicted molar refractivity (Wildman–Crippen MR) is 79.2 cm³/mol. The molecule has 112 valence electrons. The standard InChI is InChI=1S/C16H24FNO2/c1-4-7-11-16(5-2,15(19)20-6-3)18-14-10-8-9-13(17)12-14/h8-10,12,18H,4-7,11H2,1-3H3. The molecule has 0 aliphatic heterocycles.